The number of nitrogens with zero attached hydrogens (tertiary/aromatic N) is 1. The van der Waals surface area contributed by atoms with E-state index >= 15 is 0 Å². The van der Waals surface area contributed by atoms with Crippen LogP contribution in [0.1, 0.15) is 21.8 Å². The van der Waals surface area contributed by atoms with E-state index in [1.165, 1.54) is 0 Å². The summed E-state index contributed by atoms with van der Waals surface area (Å²) < 4.78 is 0. The molecule has 0 fully saturated rings. The number of carbonyl (C=O) groups is 2. The molecule has 0 N–H and O–H groups in total. The maximum Gasteiger partial charge on any atom is 0.240 e. The molecule has 4 heteroatoms. The fraction of sp³-hybridized carbons (Fsp3) is 0.125. The van der Waals surface area contributed by atoms with Gasteiger partial charge in [0, 0.05) is 12.6 Å². The van der Waals surface area contributed by atoms with Crippen LogP contribution in [-0.4, -0.2) is 18.7 Å². The van der Waals surface area contributed by atoms with E-state index in [0.29, 0.717) is 16.8 Å². The molecule has 1 heterocycles. The molecule has 2 aromatic carbocycles. The number of hydrogen-bond acceptors (Lipinski definition) is 2. The summed E-state index contributed by atoms with van der Waals surface area (Å²) in [6.45, 7) is 0. The number of carbonyl (C=O) groups excluding carboxylic acids is 2. The number of amides is 1. The Labute approximate surface area is 111 Å². The molecule has 1 atom stereocenters. The molecule has 0 radical (unpaired) electrons. The quantitative estimate of drug-likeness (QED) is 0.438. The monoisotopic (exact) mass is 509 g/mol. The van der Waals surface area contributed by atoms with Crippen LogP contribution in [0.25, 0.3) is 0 Å². The summed E-state index contributed by atoms with van der Waals surface area (Å²) in [7, 11) is 1.70. The molecule has 1 aliphatic rings. The summed E-state index contributed by atoms with van der Waals surface area (Å²) in [4.78, 5) is 26.4. The van der Waals surface area contributed by atoms with Gasteiger partial charge in [-0.2, -0.15) is 30.3 Å². The fourth-order valence-corrected chi connectivity index (χ4v) is 2.42. The predicted molar refractivity (Wildman–Crippen MR) is 72.2 cm³/mol. The van der Waals surface area contributed by atoms with Gasteiger partial charge in [-0.3, -0.25) is 9.59 Å². The van der Waals surface area contributed by atoms with Crippen LogP contribution in [0.15, 0.2) is 48.5 Å². The molecule has 3 nitrogen and oxygen atoms in total. The first-order chi connectivity index (χ1) is 9.20. The van der Waals surface area contributed by atoms with Crippen molar-refractivity contribution in [2.24, 2.45) is 0 Å². The molecule has 1 unspecified atom stereocenters. The summed E-state index contributed by atoms with van der Waals surface area (Å²) in [5.41, 5.74) is 1.88. The zero-order valence-corrected chi connectivity index (χ0v) is 13.0. The summed E-state index contributed by atoms with van der Waals surface area (Å²) in [6.07, 6.45) is 0. The third-order valence-electron chi connectivity index (χ3n) is 3.41. The third kappa shape index (κ3) is 1.72. The Hall–Kier alpha value is -3.42. The number of para-hydroxylation sites is 1. The van der Waals surface area contributed by atoms with Gasteiger partial charge in [0.05, 0.1) is 5.69 Å². The third-order valence-corrected chi connectivity index (χ3v) is 3.41. The van der Waals surface area contributed by atoms with Gasteiger partial charge in [0.1, 0.15) is 5.92 Å². The van der Waals surface area contributed by atoms with E-state index in [1.54, 1.807) is 36.2 Å². The standard InChI is InChI=1S/C16H12NO2.No/c1-17-13-10-6-5-9-12(13)15(18)14(16(17)19)11-7-3-2-4-8-11;/h2-7,9-10,14H,1H3;/q-1;. The van der Waals surface area contributed by atoms with E-state index in [9.17, 15) is 9.59 Å². The van der Waals surface area contributed by atoms with Gasteiger partial charge < -0.3 is 4.90 Å². The van der Waals surface area contributed by atoms with Crippen LogP contribution in [0.4, 0.5) is 5.69 Å². The average molecular weight is 509 g/mol. The van der Waals surface area contributed by atoms with Gasteiger partial charge in [-0.05, 0) is 12.1 Å². The van der Waals surface area contributed by atoms with Gasteiger partial charge in [0.15, 0.2) is 5.78 Å². The number of likely N-dealkylation sites (N-methyl/N-ethyl adjacent to an activating group) is 1. The largest absolute Gasteiger partial charge is 0.314 e. The zero-order valence-electron chi connectivity index (χ0n) is 10.7. The van der Waals surface area contributed by atoms with Crippen molar-refractivity contribution in [2.45, 2.75) is 5.92 Å². The number of hydrogen-bond donors (Lipinski definition) is 0. The molecule has 1 amide bonds. The van der Waals surface area contributed by atoms with Crippen LogP contribution in [0.3, 0.4) is 0 Å². The number of fused-ring (bicyclic) bond motifs is 1. The molecular formula is C16H12NNoO2-. The summed E-state index contributed by atoms with van der Waals surface area (Å²) >= 11 is 0. The molecular weight excluding hydrogens is 497 g/mol. The second kappa shape index (κ2) is 4.69. The van der Waals surface area contributed by atoms with Crippen molar-refractivity contribution in [1.82, 2.24) is 0 Å². The van der Waals surface area contributed by atoms with Crippen LogP contribution < -0.4 is 4.90 Å². The van der Waals surface area contributed by atoms with Gasteiger partial charge in [-0.15, -0.1) is 5.56 Å². The maximum atomic E-state index is 12.5. The van der Waals surface area contributed by atoms with E-state index in [4.69, 9.17) is 0 Å². The Morgan fingerprint density at radius 3 is 2.45 bits per heavy atom. The fourth-order valence-electron chi connectivity index (χ4n) is 2.42. The molecule has 108 valence electrons. The number of Topliss-reactive ketones (excluding diaryl/α,β-unsaturated/α-hetero) is 1. The minimum absolute atomic E-state index is 0. The molecule has 0 saturated carbocycles. The number of benzene rings is 2. The van der Waals surface area contributed by atoms with E-state index in [-0.39, 0.29) is 11.7 Å². The molecule has 1 aliphatic heterocycles. The number of ketones is 1. The number of rotatable bonds is 1. The molecule has 0 aromatic heterocycles. The summed E-state index contributed by atoms with van der Waals surface area (Å²) in [6, 6.07) is 17.3. The first-order valence-corrected chi connectivity index (χ1v) is 6.07. The van der Waals surface area contributed by atoms with E-state index in [2.05, 4.69) is 6.07 Å². The predicted octanol–water partition coefficient (Wildman–Crippen LogP) is 2.43. The second-order valence-electron chi connectivity index (χ2n) is 4.53. The van der Waals surface area contributed by atoms with Crippen LogP contribution >= 0.6 is 0 Å². The Kier molecular flexibility index (Phi) is 3.05. The summed E-state index contributed by atoms with van der Waals surface area (Å²) in [5.74, 6) is -1.13. The van der Waals surface area contributed by atoms with Gasteiger partial charge in [0.25, 0.3) is 0 Å². The SMILES string of the molecule is CN1C(=O)C(c2[c-]cccc2)C(=O)c2ccccc21.[No]. The first-order valence-electron chi connectivity index (χ1n) is 6.07. The first kappa shape index (κ1) is 13.0. The molecule has 3 rings (SSSR count). The molecule has 20 heavy (non-hydrogen) atoms. The van der Waals surface area contributed by atoms with Gasteiger partial charge >= 0.3 is 0 Å². The number of anilines is 1. The van der Waals surface area contributed by atoms with Crippen LogP contribution in [0, 0.1) is 6.07 Å². The van der Waals surface area contributed by atoms with Crippen molar-refractivity contribution in [2.75, 3.05) is 11.9 Å². The topological polar surface area (TPSA) is 37.4 Å². The smallest absolute Gasteiger partial charge is 0.240 e. The van der Waals surface area contributed by atoms with Gasteiger partial charge in [-0.1, -0.05) is 12.1 Å². The van der Waals surface area contributed by atoms with E-state index in [1.807, 2.05) is 24.3 Å². The Bertz CT molecular complexity index is 655. The van der Waals surface area contributed by atoms with Crippen LogP contribution in [0.5, 0.6) is 0 Å². The van der Waals surface area contributed by atoms with Crippen LogP contribution in [0.2, 0.25) is 0 Å². The molecule has 0 aliphatic carbocycles. The summed E-state index contributed by atoms with van der Waals surface area (Å²) in [5, 5.41) is 0. The van der Waals surface area contributed by atoms with Crippen molar-refractivity contribution in [1.29, 1.82) is 0 Å². The Morgan fingerprint density at radius 1 is 1.05 bits per heavy atom. The van der Waals surface area contributed by atoms with E-state index in [0.717, 1.165) is 0 Å². The van der Waals surface area contributed by atoms with Crippen molar-refractivity contribution < 1.29 is 9.59 Å². The van der Waals surface area contributed by atoms with Crippen molar-refractivity contribution in [3.8, 4) is 0 Å². The minimum atomic E-state index is -0.777. The Balaban J connectivity index is 0.00000147. The van der Waals surface area contributed by atoms with E-state index < -0.39 is 5.92 Å². The van der Waals surface area contributed by atoms with Gasteiger partial charge in [0.2, 0.25) is 5.91 Å². The van der Waals surface area contributed by atoms with Gasteiger partial charge in [-0.25, -0.2) is 0 Å². The van der Waals surface area contributed by atoms with Crippen molar-refractivity contribution in [3.05, 3.63) is 65.7 Å². The minimum Gasteiger partial charge on any atom is -0.314 e. The maximum absolute atomic E-state index is 12.5. The van der Waals surface area contributed by atoms with Crippen molar-refractivity contribution in [3.63, 3.8) is 0 Å². The molecule has 0 saturated heterocycles. The van der Waals surface area contributed by atoms with Crippen molar-refractivity contribution >= 4 is 17.4 Å². The second-order valence-corrected chi connectivity index (χ2v) is 4.53. The van der Waals surface area contributed by atoms with Crippen LogP contribution in [-0.2, 0) is 4.79 Å². The zero-order chi connectivity index (χ0) is 13.4. The Morgan fingerprint density at radius 2 is 1.75 bits per heavy atom. The molecule has 2 aromatic rings. The normalized spacial score (nSPS) is 17.4. The molecule has 0 bridgehead atoms. The molecule has 0 spiro atoms. The average Bonchev–Trinajstić information content (AvgIpc) is 2.46.